The first-order valence-corrected chi connectivity index (χ1v) is 6.34. The summed E-state index contributed by atoms with van der Waals surface area (Å²) in [6, 6.07) is 5.68. The van der Waals surface area contributed by atoms with Crippen molar-refractivity contribution >= 4 is 5.78 Å². The number of carbonyl (C=O) groups is 1. The zero-order chi connectivity index (χ0) is 13.2. The lowest BCUT2D eigenvalue weighted by Crippen LogP contribution is -2.14. The van der Waals surface area contributed by atoms with Crippen LogP contribution >= 0.6 is 0 Å². The molecule has 1 aliphatic heterocycles. The van der Waals surface area contributed by atoms with Crippen LogP contribution in [0, 0.1) is 6.92 Å². The minimum absolute atomic E-state index is 0.133. The van der Waals surface area contributed by atoms with E-state index in [1.165, 1.54) is 6.20 Å². The Hall–Kier alpha value is -2.23. The van der Waals surface area contributed by atoms with Crippen molar-refractivity contribution in [2.24, 2.45) is 0 Å². The van der Waals surface area contributed by atoms with Gasteiger partial charge in [-0.05, 0) is 31.4 Å². The van der Waals surface area contributed by atoms with E-state index in [4.69, 9.17) is 4.74 Å². The first-order chi connectivity index (χ1) is 9.25. The van der Waals surface area contributed by atoms with Gasteiger partial charge in [-0.25, -0.2) is 4.98 Å². The fourth-order valence-electron chi connectivity index (χ4n) is 2.22. The van der Waals surface area contributed by atoms with Crippen LogP contribution in [-0.4, -0.2) is 22.4 Å². The van der Waals surface area contributed by atoms with E-state index in [0.29, 0.717) is 23.6 Å². The highest BCUT2D eigenvalue weighted by Gasteiger charge is 2.21. The summed E-state index contributed by atoms with van der Waals surface area (Å²) >= 11 is 0. The Morgan fingerprint density at radius 1 is 1.26 bits per heavy atom. The number of rotatable bonds is 2. The van der Waals surface area contributed by atoms with Gasteiger partial charge in [0.15, 0.2) is 0 Å². The van der Waals surface area contributed by atoms with Gasteiger partial charge in [0.1, 0.15) is 11.4 Å². The fourth-order valence-corrected chi connectivity index (χ4v) is 2.22. The van der Waals surface area contributed by atoms with Gasteiger partial charge in [-0.1, -0.05) is 12.1 Å². The Kier molecular flexibility index (Phi) is 2.99. The molecule has 0 spiro atoms. The van der Waals surface area contributed by atoms with E-state index >= 15 is 0 Å². The molecule has 0 saturated carbocycles. The predicted octanol–water partition coefficient (Wildman–Crippen LogP) is 2.34. The maximum atomic E-state index is 12.4. The summed E-state index contributed by atoms with van der Waals surface area (Å²) in [5, 5.41) is 0. The molecule has 0 aliphatic carbocycles. The molecule has 0 atom stereocenters. The van der Waals surface area contributed by atoms with Gasteiger partial charge in [-0.15, -0.1) is 0 Å². The van der Waals surface area contributed by atoms with E-state index in [-0.39, 0.29) is 5.78 Å². The van der Waals surface area contributed by atoms with Crippen molar-refractivity contribution in [3.63, 3.8) is 0 Å². The Morgan fingerprint density at radius 3 is 2.95 bits per heavy atom. The molecule has 0 fully saturated rings. The first-order valence-electron chi connectivity index (χ1n) is 6.34. The van der Waals surface area contributed by atoms with E-state index < -0.39 is 0 Å². The zero-order valence-electron chi connectivity index (χ0n) is 10.7. The number of carbonyl (C=O) groups excluding carboxylic acids is 1. The fraction of sp³-hybridized carbons (Fsp3) is 0.267. The average Bonchev–Trinajstić information content (AvgIpc) is 2.47. The third kappa shape index (κ3) is 2.21. The molecular weight excluding hydrogens is 240 g/mol. The topological polar surface area (TPSA) is 52.1 Å². The van der Waals surface area contributed by atoms with Crippen LogP contribution in [0.2, 0.25) is 0 Å². The zero-order valence-corrected chi connectivity index (χ0v) is 10.7. The minimum atomic E-state index is -0.133. The van der Waals surface area contributed by atoms with Crippen LogP contribution in [0.25, 0.3) is 0 Å². The van der Waals surface area contributed by atoms with Crippen LogP contribution in [0.1, 0.15) is 33.7 Å². The predicted molar refractivity (Wildman–Crippen MR) is 70.5 cm³/mol. The third-order valence-corrected chi connectivity index (χ3v) is 3.19. The normalized spacial score (nSPS) is 13.5. The Labute approximate surface area is 111 Å². The first kappa shape index (κ1) is 11.8. The van der Waals surface area contributed by atoms with Gasteiger partial charge in [0.25, 0.3) is 0 Å². The number of fused-ring (bicyclic) bond motifs is 1. The van der Waals surface area contributed by atoms with Crippen molar-refractivity contribution in [1.29, 1.82) is 0 Å². The molecule has 1 aromatic heterocycles. The molecule has 0 bridgehead atoms. The van der Waals surface area contributed by atoms with Crippen LogP contribution in [-0.2, 0) is 6.42 Å². The van der Waals surface area contributed by atoms with Crippen molar-refractivity contribution in [3.8, 4) is 5.75 Å². The third-order valence-electron chi connectivity index (χ3n) is 3.19. The molecule has 19 heavy (non-hydrogen) atoms. The molecule has 4 nitrogen and oxygen atoms in total. The van der Waals surface area contributed by atoms with Gasteiger partial charge in [-0.3, -0.25) is 9.78 Å². The van der Waals surface area contributed by atoms with Gasteiger partial charge < -0.3 is 4.74 Å². The van der Waals surface area contributed by atoms with E-state index in [2.05, 4.69) is 9.97 Å². The molecule has 0 unspecified atom stereocenters. The molecule has 2 aromatic rings. The van der Waals surface area contributed by atoms with E-state index in [1.807, 2.05) is 19.1 Å². The number of ether oxygens (including phenoxy) is 1. The second-order valence-corrected chi connectivity index (χ2v) is 4.62. The molecule has 96 valence electrons. The highest BCUT2D eigenvalue weighted by molar-refractivity contribution is 6.09. The van der Waals surface area contributed by atoms with Gasteiger partial charge >= 0.3 is 0 Å². The molecule has 1 aliphatic rings. The number of benzene rings is 1. The molecule has 1 aromatic carbocycles. The summed E-state index contributed by atoms with van der Waals surface area (Å²) in [6.45, 7) is 2.51. The molecule has 0 radical (unpaired) electrons. The molecule has 4 heteroatoms. The Morgan fingerprint density at radius 2 is 2.16 bits per heavy atom. The van der Waals surface area contributed by atoms with Crippen LogP contribution in [0.5, 0.6) is 5.75 Å². The SMILES string of the molecule is Cc1cnc(C(=O)c2cccc3c2OCCC3)cn1. The smallest absolute Gasteiger partial charge is 0.216 e. The lowest BCUT2D eigenvalue weighted by atomic mass is 9.99. The van der Waals surface area contributed by atoms with Crippen molar-refractivity contribution < 1.29 is 9.53 Å². The molecular formula is C15H14N2O2. The summed E-state index contributed by atoms with van der Waals surface area (Å²) in [7, 11) is 0. The van der Waals surface area contributed by atoms with E-state index in [9.17, 15) is 4.79 Å². The highest BCUT2D eigenvalue weighted by atomic mass is 16.5. The number of aromatic nitrogens is 2. The monoisotopic (exact) mass is 254 g/mol. The standard InChI is InChI=1S/C15H14N2O2/c1-10-8-17-13(9-16-10)14(18)12-6-2-4-11-5-3-7-19-15(11)12/h2,4,6,8-9H,3,5,7H2,1H3. The molecule has 0 amide bonds. The van der Waals surface area contributed by atoms with Crippen LogP contribution < -0.4 is 4.74 Å². The van der Waals surface area contributed by atoms with E-state index in [0.717, 1.165) is 24.1 Å². The maximum Gasteiger partial charge on any atom is 0.216 e. The number of hydrogen-bond donors (Lipinski definition) is 0. The summed E-state index contributed by atoms with van der Waals surface area (Å²) in [4.78, 5) is 20.7. The van der Waals surface area contributed by atoms with E-state index in [1.54, 1.807) is 12.3 Å². The van der Waals surface area contributed by atoms with Crippen LogP contribution in [0.3, 0.4) is 0 Å². The lowest BCUT2D eigenvalue weighted by molar-refractivity contribution is 0.102. The van der Waals surface area contributed by atoms with Crippen molar-refractivity contribution in [3.05, 3.63) is 53.1 Å². The van der Waals surface area contributed by atoms with Gasteiger partial charge in [-0.2, -0.15) is 0 Å². The summed E-state index contributed by atoms with van der Waals surface area (Å²) < 4.78 is 5.65. The van der Waals surface area contributed by atoms with Crippen LogP contribution in [0.15, 0.2) is 30.6 Å². The number of para-hydroxylation sites is 1. The maximum absolute atomic E-state index is 12.4. The van der Waals surface area contributed by atoms with Crippen LogP contribution in [0.4, 0.5) is 0 Å². The number of aryl methyl sites for hydroxylation is 2. The highest BCUT2D eigenvalue weighted by Crippen LogP contribution is 2.30. The van der Waals surface area contributed by atoms with Gasteiger partial charge in [0.2, 0.25) is 5.78 Å². The molecule has 3 rings (SSSR count). The summed E-state index contributed by atoms with van der Waals surface area (Å²) in [6.07, 6.45) is 5.06. The van der Waals surface area contributed by atoms with Crippen molar-refractivity contribution in [2.75, 3.05) is 6.61 Å². The van der Waals surface area contributed by atoms with Crippen molar-refractivity contribution in [2.45, 2.75) is 19.8 Å². The number of nitrogens with zero attached hydrogens (tertiary/aromatic N) is 2. The average molecular weight is 254 g/mol. The van der Waals surface area contributed by atoms with Gasteiger partial charge in [0, 0.05) is 6.20 Å². The molecule has 0 saturated heterocycles. The number of hydrogen-bond acceptors (Lipinski definition) is 4. The van der Waals surface area contributed by atoms with Crippen molar-refractivity contribution in [1.82, 2.24) is 9.97 Å². The molecule has 0 N–H and O–H groups in total. The Balaban J connectivity index is 2.02. The lowest BCUT2D eigenvalue weighted by Gasteiger charge is -2.19. The Bertz CT molecular complexity index is 621. The number of ketones is 1. The second-order valence-electron chi connectivity index (χ2n) is 4.62. The second kappa shape index (κ2) is 4.80. The quantitative estimate of drug-likeness (QED) is 0.772. The molecule has 2 heterocycles. The largest absolute Gasteiger partial charge is 0.493 e. The summed E-state index contributed by atoms with van der Waals surface area (Å²) in [5.41, 5.74) is 2.82. The summed E-state index contributed by atoms with van der Waals surface area (Å²) in [5.74, 6) is 0.576. The minimum Gasteiger partial charge on any atom is -0.493 e. The van der Waals surface area contributed by atoms with Gasteiger partial charge in [0.05, 0.1) is 24.1 Å².